The largest absolute Gasteiger partial charge is 0.330 e. The van der Waals surface area contributed by atoms with E-state index in [4.69, 9.17) is 16.3 Å². The fraction of sp³-hybridized carbons (Fsp3) is 0.875. The van der Waals surface area contributed by atoms with E-state index >= 15 is 0 Å². The minimum absolute atomic E-state index is 0.860. The molecule has 1 atom stereocenters. The average molecular weight is 254 g/mol. The van der Waals surface area contributed by atoms with E-state index in [0.717, 1.165) is 18.7 Å². The highest BCUT2D eigenvalue weighted by molar-refractivity contribution is 8.68. The van der Waals surface area contributed by atoms with Gasteiger partial charge in [-0.25, -0.2) is 0 Å². The lowest BCUT2D eigenvalue weighted by molar-refractivity contribution is 0.467. The highest BCUT2D eigenvalue weighted by Crippen LogP contribution is 2.54. The summed E-state index contributed by atoms with van der Waals surface area (Å²) in [6, 6.07) is 0. The van der Waals surface area contributed by atoms with Gasteiger partial charge in [0.05, 0.1) is 6.34 Å². The van der Waals surface area contributed by atoms with Crippen LogP contribution in [0.5, 0.6) is 0 Å². The van der Waals surface area contributed by atoms with Gasteiger partial charge in [-0.3, -0.25) is 4.99 Å². The van der Waals surface area contributed by atoms with Crippen LogP contribution in [-0.4, -0.2) is 25.7 Å². The molecule has 6 heteroatoms. The second-order valence-corrected chi connectivity index (χ2v) is 9.62. The molecule has 0 radical (unpaired) electrons. The molecule has 3 nitrogen and oxygen atoms in total. The summed E-state index contributed by atoms with van der Waals surface area (Å²) < 4.78 is 5.27. The second-order valence-electron chi connectivity index (χ2n) is 2.62. The Morgan fingerprint density at radius 2 is 2.29 bits per heavy atom. The summed E-state index contributed by atoms with van der Waals surface area (Å²) in [5.41, 5.74) is -1.90. The molecule has 14 heavy (non-hydrogen) atoms. The molecule has 0 aliphatic heterocycles. The summed E-state index contributed by atoms with van der Waals surface area (Å²) in [4.78, 5) is 4.21. The van der Waals surface area contributed by atoms with Crippen LogP contribution in [0.3, 0.4) is 0 Å². The van der Waals surface area contributed by atoms with Crippen molar-refractivity contribution in [2.45, 2.75) is 26.7 Å². The van der Waals surface area contributed by atoms with Crippen molar-refractivity contribution in [3.05, 3.63) is 0 Å². The predicted octanol–water partition coefficient (Wildman–Crippen LogP) is 3.03. The fourth-order valence-corrected chi connectivity index (χ4v) is 4.38. The minimum atomic E-state index is -1.90. The summed E-state index contributed by atoms with van der Waals surface area (Å²) in [6.45, 7) is 5.08. The van der Waals surface area contributed by atoms with Crippen molar-refractivity contribution in [2.75, 3.05) is 19.4 Å². The molecule has 0 spiro atoms. The molecule has 0 aliphatic rings. The third-order valence-electron chi connectivity index (χ3n) is 1.49. The molecule has 0 saturated carbocycles. The average Bonchev–Trinajstić information content (AvgIpc) is 2.18. The van der Waals surface area contributed by atoms with Gasteiger partial charge in [-0.05, 0) is 24.0 Å². The molecule has 0 aromatic carbocycles. The van der Waals surface area contributed by atoms with Gasteiger partial charge in [0, 0.05) is 13.7 Å². The number of nitrogens with one attached hydrogen (secondary N) is 1. The lowest BCUT2D eigenvalue weighted by Gasteiger charge is -2.17. The quantitative estimate of drug-likeness (QED) is 0.312. The van der Waals surface area contributed by atoms with Gasteiger partial charge < -0.3 is 9.61 Å². The predicted molar refractivity (Wildman–Crippen MR) is 70.8 cm³/mol. The first-order valence-corrected chi connectivity index (χ1v) is 9.06. The Bertz CT molecular complexity index is 212. The van der Waals surface area contributed by atoms with E-state index in [1.54, 1.807) is 24.8 Å². The molecular formula is C8H19N2OPS2. The van der Waals surface area contributed by atoms with Gasteiger partial charge in [0.1, 0.15) is 0 Å². The lowest BCUT2D eigenvalue weighted by atomic mass is 10.3. The van der Waals surface area contributed by atoms with Crippen LogP contribution in [-0.2, 0) is 16.3 Å². The third kappa shape index (κ3) is 6.82. The Labute approximate surface area is 96.0 Å². The maximum Gasteiger partial charge on any atom is 0.210 e. The van der Waals surface area contributed by atoms with E-state index < -0.39 is 5.62 Å². The van der Waals surface area contributed by atoms with E-state index in [1.165, 1.54) is 6.42 Å². The van der Waals surface area contributed by atoms with Gasteiger partial charge in [-0.2, -0.15) is 0 Å². The lowest BCUT2D eigenvalue weighted by Crippen LogP contribution is -2.07. The van der Waals surface area contributed by atoms with Gasteiger partial charge in [-0.15, -0.1) is 0 Å². The Morgan fingerprint density at radius 1 is 1.57 bits per heavy atom. The van der Waals surface area contributed by atoms with Gasteiger partial charge in [0.2, 0.25) is 5.62 Å². The van der Waals surface area contributed by atoms with Gasteiger partial charge in [0.15, 0.2) is 0 Å². The van der Waals surface area contributed by atoms with Crippen LogP contribution in [0.25, 0.3) is 0 Å². The number of hydrogen-bond acceptors (Lipinski definition) is 4. The van der Waals surface area contributed by atoms with Crippen molar-refractivity contribution in [1.29, 1.82) is 0 Å². The summed E-state index contributed by atoms with van der Waals surface area (Å²) in [6.07, 6.45) is 3.98. The van der Waals surface area contributed by atoms with Gasteiger partial charge >= 0.3 is 0 Å². The molecule has 0 aliphatic carbocycles. The van der Waals surface area contributed by atoms with Gasteiger partial charge in [-0.1, -0.05) is 31.7 Å². The number of aliphatic imine (C=N–C) groups is 1. The van der Waals surface area contributed by atoms with Crippen molar-refractivity contribution in [1.82, 2.24) is 5.09 Å². The van der Waals surface area contributed by atoms with E-state index in [9.17, 15) is 0 Å². The van der Waals surface area contributed by atoms with Crippen molar-refractivity contribution in [3.8, 4) is 0 Å². The molecule has 0 fully saturated rings. The van der Waals surface area contributed by atoms with Crippen LogP contribution in [0.4, 0.5) is 0 Å². The molecule has 0 rings (SSSR count). The summed E-state index contributed by atoms with van der Waals surface area (Å²) in [5.74, 6) is 0.959. The van der Waals surface area contributed by atoms with Crippen molar-refractivity contribution < 1.29 is 4.52 Å². The van der Waals surface area contributed by atoms with Crippen LogP contribution >= 0.6 is 17.0 Å². The van der Waals surface area contributed by atoms with E-state index in [-0.39, 0.29) is 0 Å². The van der Waals surface area contributed by atoms with Gasteiger partial charge in [0.25, 0.3) is 0 Å². The minimum Gasteiger partial charge on any atom is -0.330 e. The van der Waals surface area contributed by atoms with Crippen molar-refractivity contribution >= 4 is 35.1 Å². The number of nitrogens with zero attached hydrogens (tertiary/aromatic N) is 1. The highest BCUT2D eigenvalue weighted by atomic mass is 32.9. The second kappa shape index (κ2) is 8.72. The highest BCUT2D eigenvalue weighted by Gasteiger charge is 2.12. The first kappa shape index (κ1) is 14.4. The molecule has 0 aromatic rings. The van der Waals surface area contributed by atoms with Crippen LogP contribution in [0.1, 0.15) is 26.7 Å². The van der Waals surface area contributed by atoms with Crippen LogP contribution in [0, 0.1) is 0 Å². The van der Waals surface area contributed by atoms with Crippen molar-refractivity contribution in [2.24, 2.45) is 4.99 Å². The van der Waals surface area contributed by atoms with E-state index in [0.29, 0.717) is 0 Å². The number of hydrogen-bond donors (Lipinski definition) is 1. The molecule has 0 heterocycles. The fourth-order valence-electron chi connectivity index (χ4n) is 0.738. The Morgan fingerprint density at radius 3 is 2.79 bits per heavy atom. The van der Waals surface area contributed by atoms with Crippen molar-refractivity contribution in [3.63, 3.8) is 0 Å². The number of rotatable bonds is 8. The molecule has 84 valence electrons. The topological polar surface area (TPSA) is 33.6 Å². The maximum atomic E-state index is 5.33. The molecule has 0 saturated heterocycles. The number of unbranched alkanes of at least 4 members (excludes halogenated alkanes) is 1. The zero-order valence-electron chi connectivity index (χ0n) is 9.02. The summed E-state index contributed by atoms with van der Waals surface area (Å²) in [7, 11) is 1.65. The Hall–Kier alpha value is 0.430. The normalized spacial score (nSPS) is 15.6. The van der Waals surface area contributed by atoms with E-state index in [1.807, 2.05) is 0 Å². The van der Waals surface area contributed by atoms with Crippen LogP contribution < -0.4 is 5.09 Å². The van der Waals surface area contributed by atoms with Crippen LogP contribution in [0.2, 0.25) is 0 Å². The van der Waals surface area contributed by atoms with Crippen LogP contribution in [0.15, 0.2) is 4.99 Å². The molecule has 0 bridgehead atoms. The standard InChI is InChI=1S/C8H19N2OPS2/c1-4-6-7-9-8-10-12(13,11-3)14-5-2/h8H,4-7H2,1-3H3,(H,9,10,13). The molecule has 1 N–H and O–H groups in total. The first-order valence-electron chi connectivity index (χ1n) is 4.75. The monoisotopic (exact) mass is 254 g/mol. The summed E-state index contributed by atoms with van der Waals surface area (Å²) in [5, 5.41) is 3.08. The zero-order valence-corrected chi connectivity index (χ0v) is 11.6. The molecular weight excluding hydrogens is 235 g/mol. The summed E-state index contributed by atoms with van der Waals surface area (Å²) >= 11 is 6.97. The Balaban J connectivity index is 3.82. The molecule has 0 amide bonds. The zero-order chi connectivity index (χ0) is 10.9. The smallest absolute Gasteiger partial charge is 0.210 e. The maximum absolute atomic E-state index is 5.33. The molecule has 1 unspecified atom stereocenters. The third-order valence-corrected chi connectivity index (χ3v) is 7.27. The first-order chi connectivity index (χ1) is 6.68. The Kier molecular flexibility index (Phi) is 8.98. The van der Waals surface area contributed by atoms with E-state index in [2.05, 4.69) is 23.9 Å². The SMILES string of the molecule is CCCCN=CNP(=S)(OC)SCC. The molecule has 0 aromatic heterocycles.